The van der Waals surface area contributed by atoms with Crippen molar-refractivity contribution in [1.29, 1.82) is 0 Å². The molecule has 4 heterocycles. The standard InChI is InChI=1S/C21H25BrN2O3/c1-3-12-6-8-23-9-7-15-14-5-4-13(22)10-17(14)24-19(15)18(23)16(12)11-21(24,26)20(25)27-2/h4-5,10,12,16,18,26H,3,6-9,11H2,1-2H3/t12-,16?,18-,21-/m0/s1. The number of piperidine rings is 1. The highest BCUT2D eigenvalue weighted by Crippen LogP contribution is 2.55. The second kappa shape index (κ2) is 6.06. The largest absolute Gasteiger partial charge is 0.465 e. The summed E-state index contributed by atoms with van der Waals surface area (Å²) in [6.07, 6.45) is 3.59. The molecule has 6 heteroatoms. The van der Waals surface area contributed by atoms with Crippen LogP contribution in [0.25, 0.3) is 10.9 Å². The van der Waals surface area contributed by atoms with Crippen LogP contribution in [0.3, 0.4) is 0 Å². The highest BCUT2D eigenvalue weighted by molar-refractivity contribution is 9.10. The number of methoxy groups -OCH3 is 1. The Bertz CT molecular complexity index is 939. The van der Waals surface area contributed by atoms with Crippen molar-refractivity contribution in [3.05, 3.63) is 33.9 Å². The Morgan fingerprint density at radius 3 is 2.96 bits per heavy atom. The number of fused-ring (bicyclic) bond motifs is 3. The third-order valence-electron chi connectivity index (χ3n) is 7.12. The number of aromatic nitrogens is 1. The van der Waals surface area contributed by atoms with Crippen molar-refractivity contribution < 1.29 is 14.6 Å². The van der Waals surface area contributed by atoms with E-state index in [1.807, 2.05) is 16.7 Å². The van der Waals surface area contributed by atoms with Gasteiger partial charge in [-0.15, -0.1) is 0 Å². The molecule has 1 aromatic carbocycles. The topological polar surface area (TPSA) is 54.7 Å². The maximum atomic E-state index is 12.8. The average molecular weight is 433 g/mol. The van der Waals surface area contributed by atoms with Gasteiger partial charge in [-0.05, 0) is 48.9 Å². The zero-order valence-corrected chi connectivity index (χ0v) is 17.3. The minimum Gasteiger partial charge on any atom is -0.465 e. The summed E-state index contributed by atoms with van der Waals surface area (Å²) in [5.41, 5.74) is 1.71. The van der Waals surface area contributed by atoms with Gasteiger partial charge in [-0.25, -0.2) is 4.79 Å². The molecule has 0 saturated carbocycles. The first-order chi connectivity index (χ1) is 13.0. The molecule has 1 fully saturated rings. The van der Waals surface area contributed by atoms with Crippen molar-refractivity contribution in [2.45, 2.75) is 44.4 Å². The Labute approximate surface area is 167 Å². The van der Waals surface area contributed by atoms with Crippen LogP contribution in [-0.2, 0) is 21.7 Å². The van der Waals surface area contributed by atoms with Crippen LogP contribution in [-0.4, -0.2) is 40.7 Å². The van der Waals surface area contributed by atoms with E-state index < -0.39 is 11.7 Å². The number of rotatable bonds is 2. The number of carbonyl (C=O) groups is 1. The Morgan fingerprint density at radius 1 is 1.41 bits per heavy atom. The van der Waals surface area contributed by atoms with Crippen LogP contribution >= 0.6 is 15.9 Å². The molecule has 3 aliphatic rings. The van der Waals surface area contributed by atoms with E-state index >= 15 is 0 Å². The second-order valence-electron chi connectivity index (χ2n) is 8.22. The SMILES string of the molecule is CC[C@H]1CCN2CCc3c4n(c5cc(Br)ccc35)[C@@](O)(C(=O)OC)CC1[C@@H]42. The molecule has 4 atom stereocenters. The molecule has 0 radical (unpaired) electrons. The third-order valence-corrected chi connectivity index (χ3v) is 7.62. The van der Waals surface area contributed by atoms with Crippen LogP contribution < -0.4 is 0 Å². The van der Waals surface area contributed by atoms with E-state index in [0.717, 1.165) is 53.4 Å². The highest BCUT2D eigenvalue weighted by atomic mass is 79.9. The summed E-state index contributed by atoms with van der Waals surface area (Å²) in [5.74, 6) is 0.234. The monoisotopic (exact) mass is 432 g/mol. The molecular formula is C21H25BrN2O3. The van der Waals surface area contributed by atoms with Crippen LogP contribution in [0.1, 0.15) is 43.5 Å². The van der Waals surface area contributed by atoms with Gasteiger partial charge in [0.2, 0.25) is 5.72 Å². The van der Waals surface area contributed by atoms with E-state index in [9.17, 15) is 9.90 Å². The zero-order valence-electron chi connectivity index (χ0n) is 15.7. The fraction of sp³-hybridized carbons (Fsp3) is 0.571. The van der Waals surface area contributed by atoms with Gasteiger partial charge in [-0.3, -0.25) is 4.90 Å². The molecule has 0 spiro atoms. The molecule has 1 saturated heterocycles. The van der Waals surface area contributed by atoms with Gasteiger partial charge in [0, 0.05) is 28.5 Å². The third kappa shape index (κ3) is 2.26. The summed E-state index contributed by atoms with van der Waals surface area (Å²) in [6.45, 7) is 4.37. The summed E-state index contributed by atoms with van der Waals surface area (Å²) < 4.78 is 7.95. The van der Waals surface area contributed by atoms with E-state index in [1.54, 1.807) is 0 Å². The smallest absolute Gasteiger partial charge is 0.359 e. The molecule has 27 heavy (non-hydrogen) atoms. The summed E-state index contributed by atoms with van der Waals surface area (Å²) >= 11 is 3.56. The molecule has 1 aromatic heterocycles. The van der Waals surface area contributed by atoms with E-state index in [0.29, 0.717) is 12.3 Å². The number of hydrogen-bond acceptors (Lipinski definition) is 4. The van der Waals surface area contributed by atoms with Crippen molar-refractivity contribution >= 4 is 32.8 Å². The van der Waals surface area contributed by atoms with E-state index in [-0.39, 0.29) is 12.0 Å². The molecule has 5 rings (SSSR count). The molecular weight excluding hydrogens is 408 g/mol. The number of esters is 1. The number of hydrogen-bond donors (Lipinski definition) is 1. The zero-order chi connectivity index (χ0) is 18.9. The number of benzene rings is 1. The van der Waals surface area contributed by atoms with Crippen molar-refractivity contribution in [3.8, 4) is 0 Å². The molecule has 2 aromatic rings. The van der Waals surface area contributed by atoms with Gasteiger partial charge in [0.1, 0.15) is 0 Å². The molecule has 144 valence electrons. The van der Waals surface area contributed by atoms with Crippen LogP contribution in [0.2, 0.25) is 0 Å². The Balaban J connectivity index is 1.85. The Hall–Kier alpha value is -1.37. The minimum absolute atomic E-state index is 0.271. The van der Waals surface area contributed by atoms with Crippen molar-refractivity contribution in [1.82, 2.24) is 9.47 Å². The van der Waals surface area contributed by atoms with Gasteiger partial charge in [0.25, 0.3) is 0 Å². The highest BCUT2D eigenvalue weighted by Gasteiger charge is 2.56. The molecule has 0 amide bonds. The predicted octanol–water partition coefficient (Wildman–Crippen LogP) is 3.57. The predicted molar refractivity (Wildman–Crippen MR) is 106 cm³/mol. The van der Waals surface area contributed by atoms with Crippen molar-refractivity contribution in [2.75, 3.05) is 20.2 Å². The molecule has 0 aliphatic carbocycles. The molecule has 5 nitrogen and oxygen atoms in total. The van der Waals surface area contributed by atoms with Gasteiger partial charge in [0.05, 0.1) is 18.7 Å². The van der Waals surface area contributed by atoms with Crippen LogP contribution in [0, 0.1) is 11.8 Å². The minimum atomic E-state index is -1.64. The molecule has 0 bridgehead atoms. The lowest BCUT2D eigenvalue weighted by Crippen LogP contribution is -2.57. The first kappa shape index (κ1) is 17.7. The molecule has 3 aliphatic heterocycles. The van der Waals surface area contributed by atoms with Crippen LogP contribution in [0.5, 0.6) is 0 Å². The van der Waals surface area contributed by atoms with E-state index in [2.05, 4.69) is 33.8 Å². The van der Waals surface area contributed by atoms with Gasteiger partial charge in [-0.1, -0.05) is 35.3 Å². The number of carbonyl (C=O) groups excluding carboxylic acids is 1. The van der Waals surface area contributed by atoms with Crippen LogP contribution in [0.15, 0.2) is 22.7 Å². The summed E-state index contributed by atoms with van der Waals surface area (Å²) in [7, 11) is 1.37. The van der Waals surface area contributed by atoms with Gasteiger partial charge < -0.3 is 14.4 Å². The lowest BCUT2D eigenvalue weighted by molar-refractivity contribution is -0.186. The lowest BCUT2D eigenvalue weighted by Gasteiger charge is -2.53. The number of aliphatic hydroxyl groups is 1. The van der Waals surface area contributed by atoms with Crippen molar-refractivity contribution in [3.63, 3.8) is 0 Å². The average Bonchev–Trinajstić information content (AvgIpc) is 3.01. The van der Waals surface area contributed by atoms with Gasteiger partial charge in [0.15, 0.2) is 0 Å². The second-order valence-corrected chi connectivity index (χ2v) is 9.14. The van der Waals surface area contributed by atoms with Gasteiger partial charge in [-0.2, -0.15) is 0 Å². The van der Waals surface area contributed by atoms with E-state index in [1.165, 1.54) is 12.7 Å². The first-order valence-electron chi connectivity index (χ1n) is 9.87. The summed E-state index contributed by atoms with van der Waals surface area (Å²) in [6, 6.07) is 6.46. The maximum Gasteiger partial charge on any atom is 0.359 e. The number of nitrogens with zero attached hydrogens (tertiary/aromatic N) is 2. The Kier molecular flexibility index (Phi) is 3.98. The summed E-state index contributed by atoms with van der Waals surface area (Å²) in [4.78, 5) is 15.4. The number of ether oxygens (including phenoxy) is 1. The Morgan fingerprint density at radius 2 is 2.22 bits per heavy atom. The molecule has 1 N–H and O–H groups in total. The normalized spacial score (nSPS) is 32.4. The molecule has 1 unspecified atom stereocenters. The first-order valence-corrected chi connectivity index (χ1v) is 10.7. The lowest BCUT2D eigenvalue weighted by atomic mass is 9.69. The van der Waals surface area contributed by atoms with Crippen molar-refractivity contribution in [2.24, 2.45) is 11.8 Å². The fourth-order valence-electron chi connectivity index (χ4n) is 5.96. The fourth-order valence-corrected chi connectivity index (χ4v) is 6.31. The number of halogens is 1. The quantitative estimate of drug-likeness (QED) is 0.736. The maximum absolute atomic E-state index is 12.8. The van der Waals surface area contributed by atoms with E-state index in [4.69, 9.17) is 4.74 Å². The van der Waals surface area contributed by atoms with Crippen LogP contribution in [0.4, 0.5) is 0 Å². The summed E-state index contributed by atoms with van der Waals surface area (Å²) in [5, 5.41) is 12.9. The van der Waals surface area contributed by atoms with Gasteiger partial charge >= 0.3 is 5.97 Å².